The average molecular weight is 338 g/mol. The summed E-state index contributed by atoms with van der Waals surface area (Å²) in [4.78, 5) is 11.7. The average Bonchev–Trinajstić information content (AvgIpc) is 2.95. The molecule has 2 aromatic rings. The summed E-state index contributed by atoms with van der Waals surface area (Å²) >= 11 is 1.15. The van der Waals surface area contributed by atoms with Gasteiger partial charge in [0.25, 0.3) is 10.0 Å². The van der Waals surface area contributed by atoms with Crippen LogP contribution >= 0.6 is 11.3 Å². The lowest BCUT2D eigenvalue weighted by atomic mass is 10.1. The molecular weight excluding hydrogens is 324 g/mol. The predicted molar refractivity (Wildman–Crippen MR) is 83.5 cm³/mol. The molecule has 0 radical (unpaired) electrons. The smallest absolute Gasteiger partial charge is 0.265 e. The molecule has 9 heteroatoms. The van der Waals surface area contributed by atoms with Crippen molar-refractivity contribution in [2.45, 2.75) is 24.2 Å². The van der Waals surface area contributed by atoms with Gasteiger partial charge in [0.15, 0.2) is 0 Å². The quantitative estimate of drug-likeness (QED) is 0.918. The Labute approximate surface area is 132 Å². The monoisotopic (exact) mass is 338 g/mol. The number of rotatable bonds is 3. The van der Waals surface area contributed by atoms with Crippen LogP contribution in [-0.4, -0.2) is 31.6 Å². The molecule has 0 spiro atoms. The van der Waals surface area contributed by atoms with Gasteiger partial charge in [-0.3, -0.25) is 4.79 Å². The fourth-order valence-electron chi connectivity index (χ4n) is 2.28. The largest absolute Gasteiger partial charge is 0.326 e. The Balaban J connectivity index is 1.98. The second kappa shape index (κ2) is 5.65. The summed E-state index contributed by atoms with van der Waals surface area (Å²) in [5.41, 5.74) is 2.99. The van der Waals surface area contributed by atoms with Gasteiger partial charge in [-0.25, -0.2) is 12.7 Å². The van der Waals surface area contributed by atoms with Gasteiger partial charge in [-0.1, -0.05) is 11.3 Å². The van der Waals surface area contributed by atoms with Crippen LogP contribution in [-0.2, 0) is 21.2 Å². The Morgan fingerprint density at radius 1 is 1.32 bits per heavy atom. The highest BCUT2D eigenvalue weighted by atomic mass is 32.2. The van der Waals surface area contributed by atoms with E-state index in [0.29, 0.717) is 30.1 Å². The van der Waals surface area contributed by atoms with E-state index < -0.39 is 10.0 Å². The first-order valence-electron chi connectivity index (χ1n) is 6.66. The summed E-state index contributed by atoms with van der Waals surface area (Å²) in [5, 5.41) is 10.5. The third kappa shape index (κ3) is 2.69. The van der Waals surface area contributed by atoms with Crippen molar-refractivity contribution in [3.05, 3.63) is 29.3 Å². The predicted octanol–water partition coefficient (Wildman–Crippen LogP) is 1.64. The van der Waals surface area contributed by atoms with E-state index in [4.69, 9.17) is 0 Å². The number of carbonyl (C=O) groups excluding carboxylic acids is 1. The lowest BCUT2D eigenvalue weighted by molar-refractivity contribution is -0.116. The molecule has 116 valence electrons. The summed E-state index contributed by atoms with van der Waals surface area (Å²) < 4.78 is 26.4. The number of nitrogens with one attached hydrogen (secondary N) is 1. The molecule has 1 aromatic carbocycles. The van der Waals surface area contributed by atoms with Crippen molar-refractivity contribution in [2.24, 2.45) is 0 Å². The van der Waals surface area contributed by atoms with Crippen molar-refractivity contribution in [1.29, 1.82) is 0 Å². The molecule has 0 aliphatic carbocycles. The van der Waals surface area contributed by atoms with Gasteiger partial charge in [-0.05, 0) is 36.6 Å². The molecule has 1 aromatic heterocycles. The van der Waals surface area contributed by atoms with Crippen LogP contribution in [0.1, 0.15) is 18.4 Å². The summed E-state index contributed by atoms with van der Waals surface area (Å²) in [6, 6.07) is 4.75. The molecule has 0 fully saturated rings. The first-order chi connectivity index (χ1) is 10.5. The number of nitrogens with zero attached hydrogens (tertiary/aromatic N) is 3. The molecule has 1 aliphatic heterocycles. The van der Waals surface area contributed by atoms with Crippen LogP contribution in [0.2, 0.25) is 0 Å². The second-order valence-corrected chi connectivity index (χ2v) is 7.70. The molecule has 3 rings (SSSR count). The van der Waals surface area contributed by atoms with E-state index in [1.165, 1.54) is 18.6 Å². The van der Waals surface area contributed by atoms with Gasteiger partial charge in [0.2, 0.25) is 11.0 Å². The number of hydrogen-bond donors (Lipinski definition) is 1. The first kappa shape index (κ1) is 14.9. The Kier molecular flexibility index (Phi) is 3.83. The van der Waals surface area contributed by atoms with Crippen molar-refractivity contribution in [1.82, 2.24) is 10.2 Å². The van der Waals surface area contributed by atoms with Crippen molar-refractivity contribution in [3.63, 3.8) is 0 Å². The molecule has 22 heavy (non-hydrogen) atoms. The van der Waals surface area contributed by atoms with Crippen LogP contribution in [0, 0.1) is 0 Å². The fraction of sp³-hybridized carbons (Fsp3) is 0.308. The van der Waals surface area contributed by atoms with E-state index in [0.717, 1.165) is 21.2 Å². The Bertz CT molecular complexity index is 803. The SMILES string of the molecule is CN(c1nncs1)S(=O)(=O)c1ccc2c(c1)CCCC(=O)N2. The van der Waals surface area contributed by atoms with E-state index >= 15 is 0 Å². The maximum Gasteiger partial charge on any atom is 0.265 e. The lowest BCUT2D eigenvalue weighted by Crippen LogP contribution is -2.26. The van der Waals surface area contributed by atoms with Gasteiger partial charge in [-0.15, -0.1) is 10.2 Å². The molecule has 7 nitrogen and oxygen atoms in total. The highest BCUT2D eigenvalue weighted by molar-refractivity contribution is 7.93. The number of benzene rings is 1. The summed E-state index contributed by atoms with van der Waals surface area (Å²) in [7, 11) is -2.24. The minimum absolute atomic E-state index is 0.0414. The molecular formula is C13H14N4O3S2. The Morgan fingerprint density at radius 3 is 2.86 bits per heavy atom. The van der Waals surface area contributed by atoms with Crippen molar-refractivity contribution < 1.29 is 13.2 Å². The Morgan fingerprint density at radius 2 is 2.14 bits per heavy atom. The molecule has 1 N–H and O–H groups in total. The number of amides is 1. The van der Waals surface area contributed by atoms with E-state index in [9.17, 15) is 13.2 Å². The van der Waals surface area contributed by atoms with Gasteiger partial charge in [0.1, 0.15) is 5.51 Å². The summed E-state index contributed by atoms with van der Waals surface area (Å²) in [6.07, 6.45) is 1.82. The van der Waals surface area contributed by atoms with Crippen molar-refractivity contribution >= 4 is 38.1 Å². The van der Waals surface area contributed by atoms with Crippen LogP contribution in [0.5, 0.6) is 0 Å². The zero-order valence-electron chi connectivity index (χ0n) is 11.8. The highest BCUT2D eigenvalue weighted by Crippen LogP contribution is 2.28. The van der Waals surface area contributed by atoms with Gasteiger partial charge in [-0.2, -0.15) is 0 Å². The molecule has 1 amide bonds. The number of hydrogen-bond acceptors (Lipinski definition) is 6. The van der Waals surface area contributed by atoms with E-state index in [2.05, 4.69) is 15.5 Å². The molecule has 0 bridgehead atoms. The van der Waals surface area contributed by atoms with Gasteiger partial charge in [0.05, 0.1) is 4.90 Å². The maximum atomic E-state index is 12.6. The van der Waals surface area contributed by atoms with Gasteiger partial charge < -0.3 is 5.32 Å². The number of anilines is 2. The molecule has 1 aliphatic rings. The topological polar surface area (TPSA) is 92.3 Å². The number of fused-ring (bicyclic) bond motifs is 1. The van der Waals surface area contributed by atoms with E-state index in [-0.39, 0.29) is 10.8 Å². The van der Waals surface area contributed by atoms with Crippen LogP contribution in [0.25, 0.3) is 0 Å². The lowest BCUT2D eigenvalue weighted by Gasteiger charge is -2.17. The second-order valence-electron chi connectivity index (χ2n) is 4.91. The minimum Gasteiger partial charge on any atom is -0.326 e. The number of carbonyl (C=O) groups is 1. The standard InChI is InChI=1S/C13H14N4O3S2/c1-17(13-16-14-8-21-13)22(19,20)10-5-6-11-9(7-10)3-2-4-12(18)15-11/h5-8H,2-4H2,1H3,(H,15,18). The summed E-state index contributed by atoms with van der Waals surface area (Å²) in [5.74, 6) is -0.0414. The van der Waals surface area contributed by atoms with Crippen LogP contribution < -0.4 is 9.62 Å². The van der Waals surface area contributed by atoms with E-state index in [1.807, 2.05) is 0 Å². The van der Waals surface area contributed by atoms with Gasteiger partial charge in [0, 0.05) is 19.2 Å². The molecule has 2 heterocycles. The first-order valence-corrected chi connectivity index (χ1v) is 8.98. The number of sulfonamides is 1. The third-order valence-electron chi connectivity index (χ3n) is 3.48. The Hall–Kier alpha value is -2.00. The summed E-state index contributed by atoms with van der Waals surface area (Å²) in [6.45, 7) is 0. The molecule has 0 saturated carbocycles. The minimum atomic E-state index is -3.69. The zero-order valence-corrected chi connectivity index (χ0v) is 13.4. The normalized spacial score (nSPS) is 14.9. The third-order valence-corrected chi connectivity index (χ3v) is 6.10. The fourth-order valence-corrected chi connectivity index (χ4v) is 4.22. The van der Waals surface area contributed by atoms with Crippen LogP contribution in [0.4, 0.5) is 10.8 Å². The molecule has 0 unspecified atom stereocenters. The molecule has 0 atom stereocenters. The number of aryl methyl sites for hydroxylation is 1. The highest BCUT2D eigenvalue weighted by Gasteiger charge is 2.25. The number of aromatic nitrogens is 2. The van der Waals surface area contributed by atoms with E-state index in [1.54, 1.807) is 12.1 Å². The van der Waals surface area contributed by atoms with Crippen LogP contribution in [0.3, 0.4) is 0 Å². The maximum absolute atomic E-state index is 12.6. The van der Waals surface area contributed by atoms with Crippen molar-refractivity contribution in [2.75, 3.05) is 16.7 Å². The van der Waals surface area contributed by atoms with Crippen molar-refractivity contribution in [3.8, 4) is 0 Å². The van der Waals surface area contributed by atoms with Gasteiger partial charge >= 0.3 is 0 Å². The van der Waals surface area contributed by atoms with Crippen LogP contribution in [0.15, 0.2) is 28.6 Å². The zero-order chi connectivity index (χ0) is 15.7. The molecule has 0 saturated heterocycles.